The van der Waals surface area contributed by atoms with E-state index in [1.54, 1.807) is 36.4 Å². The topological polar surface area (TPSA) is 92.7 Å². The first-order chi connectivity index (χ1) is 11.4. The zero-order valence-corrected chi connectivity index (χ0v) is 14.0. The lowest BCUT2D eigenvalue weighted by Crippen LogP contribution is -2.26. The van der Waals surface area contributed by atoms with E-state index in [0.717, 1.165) is 11.1 Å². The minimum Gasteiger partial charge on any atom is -0.482 e. The molecule has 0 spiro atoms. The molecule has 24 heavy (non-hydrogen) atoms. The Morgan fingerprint density at radius 3 is 2.62 bits per heavy atom. The fraction of sp³-hybridized carbons (Fsp3) is 0.235. The van der Waals surface area contributed by atoms with Crippen LogP contribution in [0.25, 0.3) is 0 Å². The molecule has 0 aliphatic carbocycles. The highest BCUT2D eigenvalue weighted by Crippen LogP contribution is 2.14. The number of carbonyl (C=O) groups is 1. The van der Waals surface area contributed by atoms with Crippen molar-refractivity contribution >= 4 is 16.0 Å². The SMILES string of the molecule is Cc1cccc(S(=O)(=O)NCCc2cccc(OCC(=O)O)c2)c1. The van der Waals surface area contributed by atoms with Crippen LogP contribution in [0.3, 0.4) is 0 Å². The Kier molecular flexibility index (Phi) is 5.94. The van der Waals surface area contributed by atoms with Crippen LogP contribution in [0.5, 0.6) is 5.75 Å². The number of benzene rings is 2. The molecule has 0 atom stereocenters. The van der Waals surface area contributed by atoms with Crippen molar-refractivity contribution in [2.45, 2.75) is 18.2 Å². The third-order valence-electron chi connectivity index (χ3n) is 3.27. The van der Waals surface area contributed by atoms with E-state index in [1.165, 1.54) is 0 Å². The lowest BCUT2D eigenvalue weighted by atomic mass is 10.1. The number of carboxylic acids is 1. The predicted octanol–water partition coefficient (Wildman–Crippen LogP) is 1.98. The number of aryl methyl sites for hydroxylation is 1. The van der Waals surface area contributed by atoms with Gasteiger partial charge in [-0.1, -0.05) is 24.3 Å². The van der Waals surface area contributed by atoms with Gasteiger partial charge in [0.2, 0.25) is 10.0 Å². The first-order valence-electron chi connectivity index (χ1n) is 7.37. The molecule has 6 nitrogen and oxygen atoms in total. The number of hydrogen-bond acceptors (Lipinski definition) is 4. The number of sulfonamides is 1. The summed E-state index contributed by atoms with van der Waals surface area (Å²) in [7, 11) is -3.54. The van der Waals surface area contributed by atoms with Gasteiger partial charge in [-0.3, -0.25) is 0 Å². The molecule has 0 aliphatic rings. The van der Waals surface area contributed by atoms with E-state index >= 15 is 0 Å². The molecule has 7 heteroatoms. The number of hydrogen-bond donors (Lipinski definition) is 2. The highest BCUT2D eigenvalue weighted by atomic mass is 32.2. The molecule has 0 aliphatic heterocycles. The molecule has 2 rings (SSSR count). The van der Waals surface area contributed by atoms with Gasteiger partial charge in [0.15, 0.2) is 6.61 Å². The standard InChI is InChI=1S/C17H19NO5S/c1-13-4-2-7-16(10-13)24(21,22)18-9-8-14-5-3-6-15(11-14)23-12-17(19)20/h2-7,10-11,18H,8-9,12H2,1H3,(H,19,20). The highest BCUT2D eigenvalue weighted by Gasteiger charge is 2.13. The van der Waals surface area contributed by atoms with E-state index in [4.69, 9.17) is 9.84 Å². The molecule has 0 amide bonds. The second-order valence-electron chi connectivity index (χ2n) is 5.29. The Labute approximate surface area is 141 Å². The van der Waals surface area contributed by atoms with Crippen molar-refractivity contribution in [1.29, 1.82) is 0 Å². The van der Waals surface area contributed by atoms with Crippen molar-refractivity contribution in [2.75, 3.05) is 13.2 Å². The fourth-order valence-corrected chi connectivity index (χ4v) is 3.27. The predicted molar refractivity (Wildman–Crippen MR) is 89.6 cm³/mol. The van der Waals surface area contributed by atoms with E-state index in [1.807, 2.05) is 19.1 Å². The Morgan fingerprint density at radius 1 is 1.17 bits per heavy atom. The average Bonchev–Trinajstić information content (AvgIpc) is 2.53. The van der Waals surface area contributed by atoms with Crippen LogP contribution < -0.4 is 9.46 Å². The van der Waals surface area contributed by atoms with Gasteiger partial charge in [-0.05, 0) is 48.7 Å². The summed E-state index contributed by atoms with van der Waals surface area (Å²) in [6.45, 7) is 1.66. The molecule has 2 aromatic rings. The van der Waals surface area contributed by atoms with Crippen molar-refractivity contribution < 1.29 is 23.1 Å². The van der Waals surface area contributed by atoms with Crippen LogP contribution in [0, 0.1) is 6.92 Å². The highest BCUT2D eigenvalue weighted by molar-refractivity contribution is 7.89. The summed E-state index contributed by atoms with van der Waals surface area (Å²) in [4.78, 5) is 10.7. The van der Waals surface area contributed by atoms with Gasteiger partial charge < -0.3 is 9.84 Å². The molecule has 128 valence electrons. The summed E-state index contributed by atoms with van der Waals surface area (Å²) < 4.78 is 32.1. The first kappa shape index (κ1) is 18.0. The number of ether oxygens (including phenoxy) is 1. The lowest BCUT2D eigenvalue weighted by molar-refractivity contribution is -0.139. The van der Waals surface area contributed by atoms with E-state index in [9.17, 15) is 13.2 Å². The van der Waals surface area contributed by atoms with E-state index in [2.05, 4.69) is 4.72 Å². The molecule has 2 aromatic carbocycles. The Bertz CT molecular complexity index is 817. The smallest absolute Gasteiger partial charge is 0.341 e. The molecule has 2 N–H and O–H groups in total. The molecule has 0 saturated carbocycles. The molecule has 0 heterocycles. The molecule has 0 bridgehead atoms. The molecular formula is C17H19NO5S. The average molecular weight is 349 g/mol. The summed E-state index contributed by atoms with van der Waals surface area (Å²) in [6.07, 6.45) is 0.468. The minimum absolute atomic E-state index is 0.235. The zero-order chi connectivity index (χ0) is 17.6. The van der Waals surface area contributed by atoms with Crippen LogP contribution in [0.2, 0.25) is 0 Å². The quantitative estimate of drug-likeness (QED) is 0.760. The second-order valence-corrected chi connectivity index (χ2v) is 7.06. The van der Waals surface area contributed by atoms with Crippen molar-refractivity contribution in [3.05, 3.63) is 59.7 Å². The molecule has 0 aromatic heterocycles. The number of aliphatic carboxylic acids is 1. The van der Waals surface area contributed by atoms with Gasteiger partial charge in [0.05, 0.1) is 4.90 Å². The third kappa shape index (κ3) is 5.36. The normalized spacial score (nSPS) is 11.2. The van der Waals surface area contributed by atoms with Gasteiger partial charge in [-0.25, -0.2) is 17.9 Å². The maximum Gasteiger partial charge on any atom is 0.341 e. The van der Waals surface area contributed by atoms with Gasteiger partial charge in [-0.2, -0.15) is 0 Å². The molecule has 0 radical (unpaired) electrons. The van der Waals surface area contributed by atoms with Crippen LogP contribution in [0.15, 0.2) is 53.4 Å². The maximum atomic E-state index is 12.2. The summed E-state index contributed by atoms with van der Waals surface area (Å²) in [6, 6.07) is 13.6. The van der Waals surface area contributed by atoms with Gasteiger partial charge in [0.1, 0.15) is 5.75 Å². The van der Waals surface area contributed by atoms with Crippen LogP contribution >= 0.6 is 0 Å². The zero-order valence-electron chi connectivity index (χ0n) is 13.2. The number of nitrogens with one attached hydrogen (secondary N) is 1. The van der Waals surface area contributed by atoms with E-state index < -0.39 is 22.6 Å². The van der Waals surface area contributed by atoms with Crippen molar-refractivity contribution in [3.8, 4) is 5.75 Å². The Hall–Kier alpha value is -2.38. The molecular weight excluding hydrogens is 330 g/mol. The lowest BCUT2D eigenvalue weighted by Gasteiger charge is -2.09. The molecule has 0 unspecified atom stereocenters. The Morgan fingerprint density at radius 2 is 1.92 bits per heavy atom. The monoisotopic (exact) mass is 349 g/mol. The van der Waals surface area contributed by atoms with Crippen molar-refractivity contribution in [1.82, 2.24) is 4.72 Å². The molecule has 0 saturated heterocycles. The van der Waals surface area contributed by atoms with Gasteiger partial charge in [0.25, 0.3) is 0 Å². The Balaban J connectivity index is 1.94. The summed E-state index contributed by atoms with van der Waals surface area (Å²) in [5.74, 6) is -0.609. The van der Waals surface area contributed by atoms with Crippen molar-refractivity contribution in [3.63, 3.8) is 0 Å². The summed E-state index contributed by atoms with van der Waals surface area (Å²) >= 11 is 0. The number of rotatable bonds is 8. The van der Waals surface area contributed by atoms with Gasteiger partial charge >= 0.3 is 5.97 Å². The van der Waals surface area contributed by atoms with Crippen LogP contribution in [0.1, 0.15) is 11.1 Å². The number of carboxylic acid groups (broad SMARTS) is 1. The third-order valence-corrected chi connectivity index (χ3v) is 4.73. The first-order valence-corrected chi connectivity index (χ1v) is 8.85. The van der Waals surface area contributed by atoms with Crippen LogP contribution in [0.4, 0.5) is 0 Å². The maximum absolute atomic E-state index is 12.2. The summed E-state index contributed by atoms with van der Waals surface area (Å²) in [5, 5.41) is 8.60. The van der Waals surface area contributed by atoms with Crippen LogP contribution in [-0.4, -0.2) is 32.6 Å². The summed E-state index contributed by atoms with van der Waals surface area (Å²) in [5.41, 5.74) is 1.73. The molecule has 0 fully saturated rings. The van der Waals surface area contributed by atoms with Crippen molar-refractivity contribution in [2.24, 2.45) is 0 Å². The fourth-order valence-electron chi connectivity index (χ4n) is 2.13. The van der Waals surface area contributed by atoms with Gasteiger partial charge in [-0.15, -0.1) is 0 Å². The second kappa shape index (κ2) is 7.94. The van der Waals surface area contributed by atoms with E-state index in [-0.39, 0.29) is 11.4 Å². The minimum atomic E-state index is -3.54. The van der Waals surface area contributed by atoms with Gasteiger partial charge in [0, 0.05) is 6.54 Å². The van der Waals surface area contributed by atoms with Crippen LogP contribution in [-0.2, 0) is 21.2 Å². The van der Waals surface area contributed by atoms with E-state index in [0.29, 0.717) is 12.2 Å². The largest absolute Gasteiger partial charge is 0.482 e.